The van der Waals surface area contributed by atoms with Gasteiger partial charge in [0, 0.05) is 12.1 Å². The first-order valence-electron chi connectivity index (χ1n) is 3.14. The van der Waals surface area contributed by atoms with Gasteiger partial charge in [-0.2, -0.15) is 0 Å². The highest BCUT2D eigenvalue weighted by atomic mass is 35.5. The van der Waals surface area contributed by atoms with Crippen LogP contribution in [-0.2, 0) is 6.42 Å². The third kappa shape index (κ3) is 3.80. The second kappa shape index (κ2) is 7.21. The van der Waals surface area contributed by atoms with Gasteiger partial charge in [0.15, 0.2) is 0 Å². The molecule has 0 radical (unpaired) electrons. The van der Waals surface area contributed by atoms with Crippen molar-refractivity contribution in [1.29, 1.82) is 0 Å². The minimum atomic E-state index is 0. The molecule has 1 aromatic heterocycles. The third-order valence-electron chi connectivity index (χ3n) is 1.21. The average Bonchev–Trinajstić information content (AvgIpc) is 2.37. The van der Waals surface area contributed by atoms with Crippen LogP contribution in [0.25, 0.3) is 0 Å². The van der Waals surface area contributed by atoms with E-state index < -0.39 is 0 Å². The summed E-state index contributed by atoms with van der Waals surface area (Å²) in [6.07, 6.45) is 2.54. The van der Waals surface area contributed by atoms with E-state index in [1.165, 1.54) is 0 Å². The molecule has 6 heteroatoms. The Bertz CT molecular complexity index is 204. The smallest absolute Gasteiger partial charge is 0.293 e. The van der Waals surface area contributed by atoms with Crippen LogP contribution in [0.1, 0.15) is 5.69 Å². The van der Waals surface area contributed by atoms with E-state index in [1.807, 2.05) is 0 Å². The molecule has 1 heterocycles. The van der Waals surface area contributed by atoms with Crippen molar-refractivity contribution >= 4 is 24.8 Å². The molecule has 1 rings (SSSR count). The van der Waals surface area contributed by atoms with Crippen LogP contribution in [0.5, 0.6) is 6.01 Å². The number of imidazole rings is 1. The minimum Gasteiger partial charge on any atom is -0.468 e. The predicted molar refractivity (Wildman–Crippen MR) is 52.4 cm³/mol. The summed E-state index contributed by atoms with van der Waals surface area (Å²) in [5.41, 5.74) is 6.34. The lowest BCUT2D eigenvalue weighted by Crippen LogP contribution is -2.02. The van der Waals surface area contributed by atoms with Gasteiger partial charge in [-0.1, -0.05) is 0 Å². The van der Waals surface area contributed by atoms with E-state index >= 15 is 0 Å². The van der Waals surface area contributed by atoms with Crippen molar-refractivity contribution in [1.82, 2.24) is 9.97 Å². The molecule has 72 valence electrons. The number of methoxy groups -OCH3 is 1. The zero-order chi connectivity index (χ0) is 7.40. The largest absolute Gasteiger partial charge is 0.468 e. The molecular weight excluding hydrogens is 201 g/mol. The van der Waals surface area contributed by atoms with Gasteiger partial charge in [0.05, 0.1) is 13.3 Å². The number of aromatic amines is 1. The standard InChI is InChI=1S/C6H11N3O.2ClH/c1-10-6-8-4-5(9-6)2-3-7;;/h4H,2-3,7H2,1H3,(H,8,9);2*1H. The molecule has 0 saturated carbocycles. The highest BCUT2D eigenvalue weighted by Gasteiger charge is 1.96. The van der Waals surface area contributed by atoms with Gasteiger partial charge in [0.25, 0.3) is 6.01 Å². The van der Waals surface area contributed by atoms with E-state index in [4.69, 9.17) is 10.5 Å². The summed E-state index contributed by atoms with van der Waals surface area (Å²) in [5.74, 6) is 0. The van der Waals surface area contributed by atoms with E-state index in [9.17, 15) is 0 Å². The Morgan fingerprint density at radius 1 is 1.58 bits per heavy atom. The van der Waals surface area contributed by atoms with Crippen LogP contribution in [0.2, 0.25) is 0 Å². The molecule has 0 spiro atoms. The summed E-state index contributed by atoms with van der Waals surface area (Å²) in [5, 5.41) is 0. The molecule has 0 unspecified atom stereocenters. The van der Waals surface area contributed by atoms with Gasteiger partial charge < -0.3 is 15.5 Å². The van der Waals surface area contributed by atoms with E-state index in [0.29, 0.717) is 12.6 Å². The van der Waals surface area contributed by atoms with Crippen molar-refractivity contribution in [2.24, 2.45) is 5.73 Å². The number of halogens is 2. The molecule has 0 saturated heterocycles. The fourth-order valence-electron chi connectivity index (χ4n) is 0.725. The van der Waals surface area contributed by atoms with Crippen molar-refractivity contribution in [2.75, 3.05) is 13.7 Å². The monoisotopic (exact) mass is 213 g/mol. The van der Waals surface area contributed by atoms with Crippen LogP contribution >= 0.6 is 24.8 Å². The van der Waals surface area contributed by atoms with Crippen molar-refractivity contribution in [2.45, 2.75) is 6.42 Å². The number of hydrogen-bond donors (Lipinski definition) is 2. The first-order chi connectivity index (χ1) is 4.86. The van der Waals surface area contributed by atoms with Crippen LogP contribution in [0.15, 0.2) is 6.20 Å². The second-order valence-electron chi connectivity index (χ2n) is 1.96. The average molecular weight is 214 g/mol. The van der Waals surface area contributed by atoms with E-state index in [2.05, 4.69) is 9.97 Å². The van der Waals surface area contributed by atoms with Gasteiger partial charge in [-0.05, 0) is 6.54 Å². The van der Waals surface area contributed by atoms with E-state index in [0.717, 1.165) is 12.1 Å². The Balaban J connectivity index is 0. The Morgan fingerprint density at radius 3 is 2.67 bits per heavy atom. The molecule has 0 fully saturated rings. The number of rotatable bonds is 3. The predicted octanol–water partition coefficient (Wildman–Crippen LogP) is 0.763. The van der Waals surface area contributed by atoms with Gasteiger partial charge in [-0.25, -0.2) is 4.98 Å². The minimum absolute atomic E-state index is 0. The number of aromatic nitrogens is 2. The zero-order valence-electron chi connectivity index (χ0n) is 6.74. The molecule has 0 amide bonds. The maximum Gasteiger partial charge on any atom is 0.293 e. The summed E-state index contributed by atoms with van der Waals surface area (Å²) in [4.78, 5) is 6.87. The SMILES string of the molecule is COc1ncc(CCN)[nH]1.Cl.Cl. The van der Waals surface area contributed by atoms with Crippen LogP contribution in [0, 0.1) is 0 Å². The fraction of sp³-hybridized carbons (Fsp3) is 0.500. The summed E-state index contributed by atoms with van der Waals surface area (Å²) >= 11 is 0. The number of H-pyrrole nitrogens is 1. The molecular formula is C6H13Cl2N3O. The molecule has 0 atom stereocenters. The molecule has 0 aliphatic carbocycles. The number of ether oxygens (including phenoxy) is 1. The number of nitrogens with two attached hydrogens (primary N) is 1. The van der Waals surface area contributed by atoms with Crippen LogP contribution in [0.3, 0.4) is 0 Å². The lowest BCUT2D eigenvalue weighted by molar-refractivity contribution is 0.383. The summed E-state index contributed by atoms with van der Waals surface area (Å²) in [6.45, 7) is 0.630. The fourth-order valence-corrected chi connectivity index (χ4v) is 0.725. The quantitative estimate of drug-likeness (QED) is 0.780. The van der Waals surface area contributed by atoms with Crippen molar-refractivity contribution < 1.29 is 4.74 Å². The highest BCUT2D eigenvalue weighted by molar-refractivity contribution is 5.85. The lowest BCUT2D eigenvalue weighted by Gasteiger charge is -1.90. The Labute approximate surface area is 83.7 Å². The van der Waals surface area contributed by atoms with Gasteiger partial charge in [0.1, 0.15) is 0 Å². The van der Waals surface area contributed by atoms with E-state index in [1.54, 1.807) is 13.3 Å². The van der Waals surface area contributed by atoms with Gasteiger partial charge >= 0.3 is 0 Å². The first kappa shape index (κ1) is 14.1. The Morgan fingerprint density at radius 2 is 2.25 bits per heavy atom. The lowest BCUT2D eigenvalue weighted by atomic mass is 10.3. The first-order valence-corrected chi connectivity index (χ1v) is 3.14. The van der Waals surface area contributed by atoms with Gasteiger partial charge in [-0.15, -0.1) is 24.8 Å². The Hall–Kier alpha value is -0.450. The van der Waals surface area contributed by atoms with Crippen LogP contribution in [0.4, 0.5) is 0 Å². The zero-order valence-corrected chi connectivity index (χ0v) is 8.37. The van der Waals surface area contributed by atoms with Crippen LogP contribution < -0.4 is 10.5 Å². The maximum atomic E-state index is 5.32. The molecule has 1 aromatic rings. The molecule has 4 nitrogen and oxygen atoms in total. The van der Waals surface area contributed by atoms with Crippen molar-refractivity contribution in [3.8, 4) is 6.01 Å². The summed E-state index contributed by atoms with van der Waals surface area (Å²) in [6, 6.07) is 0.545. The van der Waals surface area contributed by atoms with Crippen molar-refractivity contribution in [3.05, 3.63) is 11.9 Å². The summed E-state index contributed by atoms with van der Waals surface area (Å²) < 4.78 is 4.83. The number of nitrogens with zero attached hydrogens (tertiary/aromatic N) is 1. The Kier molecular flexibility index (Phi) is 8.47. The van der Waals surface area contributed by atoms with Gasteiger partial charge in [0.2, 0.25) is 0 Å². The molecule has 0 aliphatic heterocycles. The van der Waals surface area contributed by atoms with Crippen molar-refractivity contribution in [3.63, 3.8) is 0 Å². The van der Waals surface area contributed by atoms with E-state index in [-0.39, 0.29) is 24.8 Å². The topological polar surface area (TPSA) is 63.9 Å². The maximum absolute atomic E-state index is 5.32. The highest BCUT2D eigenvalue weighted by Crippen LogP contribution is 2.02. The molecule has 3 N–H and O–H groups in total. The number of hydrogen-bond acceptors (Lipinski definition) is 3. The second-order valence-corrected chi connectivity index (χ2v) is 1.96. The molecule has 0 aromatic carbocycles. The van der Waals surface area contributed by atoms with Gasteiger partial charge in [-0.3, -0.25) is 0 Å². The summed E-state index contributed by atoms with van der Waals surface area (Å²) in [7, 11) is 1.57. The van der Waals surface area contributed by atoms with Crippen LogP contribution in [-0.4, -0.2) is 23.6 Å². The number of nitrogens with one attached hydrogen (secondary N) is 1. The molecule has 12 heavy (non-hydrogen) atoms. The molecule has 0 aliphatic rings. The normalized spacial score (nSPS) is 8.17. The molecule has 0 bridgehead atoms. The third-order valence-corrected chi connectivity index (χ3v) is 1.21.